The zero-order valence-corrected chi connectivity index (χ0v) is 11.7. The van der Waals surface area contributed by atoms with E-state index in [1.54, 1.807) is 0 Å². The maximum atomic E-state index is 3.82. The zero-order chi connectivity index (χ0) is 13.5. The Kier molecular flexibility index (Phi) is 13.5. The van der Waals surface area contributed by atoms with E-state index >= 15 is 0 Å². The molecule has 0 unspecified atom stereocenters. The van der Waals surface area contributed by atoms with Gasteiger partial charge in [0.1, 0.15) is 0 Å². The standard InChI is InChI=1S/C15H29N3/c1-4-9-16-11-7-14-18(13-6-3)15-8-12-17-10-5-2/h4-6,16-17H,1-3,7-15H2. The van der Waals surface area contributed by atoms with Gasteiger partial charge < -0.3 is 10.6 Å². The second-order valence-corrected chi connectivity index (χ2v) is 4.28. The summed E-state index contributed by atoms with van der Waals surface area (Å²) >= 11 is 0. The molecule has 3 nitrogen and oxygen atoms in total. The molecule has 0 radical (unpaired) electrons. The summed E-state index contributed by atoms with van der Waals surface area (Å²) in [6.07, 6.45) is 8.11. The van der Waals surface area contributed by atoms with Gasteiger partial charge >= 0.3 is 0 Å². The lowest BCUT2D eigenvalue weighted by atomic mass is 10.3. The van der Waals surface area contributed by atoms with Crippen LogP contribution >= 0.6 is 0 Å². The van der Waals surface area contributed by atoms with Crippen LogP contribution in [0.4, 0.5) is 0 Å². The van der Waals surface area contributed by atoms with Gasteiger partial charge in [-0.05, 0) is 39.0 Å². The molecule has 0 bridgehead atoms. The van der Waals surface area contributed by atoms with Crippen LogP contribution in [0.3, 0.4) is 0 Å². The Labute approximate surface area is 113 Å². The molecule has 18 heavy (non-hydrogen) atoms. The van der Waals surface area contributed by atoms with Crippen molar-refractivity contribution in [3.05, 3.63) is 38.0 Å². The largest absolute Gasteiger partial charge is 0.313 e. The Morgan fingerprint density at radius 3 is 1.67 bits per heavy atom. The van der Waals surface area contributed by atoms with E-state index in [1.807, 2.05) is 18.2 Å². The van der Waals surface area contributed by atoms with E-state index in [9.17, 15) is 0 Å². The van der Waals surface area contributed by atoms with E-state index in [1.165, 1.54) is 12.8 Å². The van der Waals surface area contributed by atoms with Gasteiger partial charge in [-0.25, -0.2) is 0 Å². The molecule has 0 aromatic heterocycles. The Hall–Kier alpha value is -0.900. The molecule has 0 aliphatic heterocycles. The molecule has 0 fully saturated rings. The van der Waals surface area contributed by atoms with Gasteiger partial charge in [-0.15, -0.1) is 19.7 Å². The Morgan fingerprint density at radius 1 is 0.778 bits per heavy atom. The van der Waals surface area contributed by atoms with Crippen LogP contribution in [0, 0.1) is 0 Å². The molecule has 0 aromatic carbocycles. The average molecular weight is 251 g/mol. The maximum absolute atomic E-state index is 3.82. The first-order valence-electron chi connectivity index (χ1n) is 6.81. The third kappa shape index (κ3) is 11.6. The lowest BCUT2D eigenvalue weighted by molar-refractivity contribution is 0.292. The molecule has 0 saturated carbocycles. The highest BCUT2D eigenvalue weighted by molar-refractivity contribution is 4.75. The molecule has 0 rings (SSSR count). The van der Waals surface area contributed by atoms with Crippen molar-refractivity contribution in [1.29, 1.82) is 0 Å². The van der Waals surface area contributed by atoms with E-state index in [2.05, 4.69) is 35.3 Å². The summed E-state index contributed by atoms with van der Waals surface area (Å²) in [6.45, 7) is 18.3. The average Bonchev–Trinajstić information content (AvgIpc) is 2.38. The molecule has 3 heteroatoms. The van der Waals surface area contributed by atoms with Crippen LogP contribution < -0.4 is 10.6 Å². The van der Waals surface area contributed by atoms with Gasteiger partial charge in [0, 0.05) is 19.6 Å². The SMILES string of the molecule is C=CCNCCCN(CC=C)CCCNCC=C. The predicted octanol–water partition coefficient (Wildman–Crippen LogP) is 1.81. The molecule has 0 atom stereocenters. The van der Waals surface area contributed by atoms with Crippen molar-refractivity contribution in [2.75, 3.05) is 45.8 Å². The van der Waals surface area contributed by atoms with Gasteiger partial charge in [0.25, 0.3) is 0 Å². The topological polar surface area (TPSA) is 27.3 Å². The van der Waals surface area contributed by atoms with Crippen LogP contribution in [0.1, 0.15) is 12.8 Å². The van der Waals surface area contributed by atoms with Crippen molar-refractivity contribution in [1.82, 2.24) is 15.5 Å². The van der Waals surface area contributed by atoms with Crippen molar-refractivity contribution >= 4 is 0 Å². The fourth-order valence-electron chi connectivity index (χ4n) is 1.74. The number of rotatable bonds is 14. The molecule has 0 aromatic rings. The Bertz CT molecular complexity index is 196. The fourth-order valence-corrected chi connectivity index (χ4v) is 1.74. The number of nitrogens with zero attached hydrogens (tertiary/aromatic N) is 1. The van der Waals surface area contributed by atoms with Gasteiger partial charge in [-0.3, -0.25) is 4.90 Å². The van der Waals surface area contributed by atoms with Crippen LogP contribution in [-0.2, 0) is 0 Å². The van der Waals surface area contributed by atoms with Crippen LogP contribution in [0.15, 0.2) is 38.0 Å². The molecular weight excluding hydrogens is 222 g/mol. The summed E-state index contributed by atoms with van der Waals surface area (Å²) in [7, 11) is 0. The summed E-state index contributed by atoms with van der Waals surface area (Å²) < 4.78 is 0. The van der Waals surface area contributed by atoms with E-state index < -0.39 is 0 Å². The highest BCUT2D eigenvalue weighted by Crippen LogP contribution is 1.94. The molecule has 2 N–H and O–H groups in total. The first-order valence-corrected chi connectivity index (χ1v) is 6.81. The molecule has 0 aliphatic rings. The third-order valence-corrected chi connectivity index (χ3v) is 2.62. The summed E-state index contributed by atoms with van der Waals surface area (Å²) in [4.78, 5) is 2.44. The lowest BCUT2D eigenvalue weighted by Crippen LogP contribution is -2.30. The molecule has 0 saturated heterocycles. The van der Waals surface area contributed by atoms with Crippen molar-refractivity contribution < 1.29 is 0 Å². The van der Waals surface area contributed by atoms with Gasteiger partial charge in [-0.1, -0.05) is 18.2 Å². The fraction of sp³-hybridized carbons (Fsp3) is 0.600. The van der Waals surface area contributed by atoms with Crippen LogP contribution in [-0.4, -0.2) is 50.7 Å². The molecule has 0 aliphatic carbocycles. The summed E-state index contributed by atoms with van der Waals surface area (Å²) in [6, 6.07) is 0. The number of hydrogen-bond donors (Lipinski definition) is 2. The summed E-state index contributed by atoms with van der Waals surface area (Å²) in [5.41, 5.74) is 0. The molecule has 0 heterocycles. The normalized spacial score (nSPS) is 10.5. The van der Waals surface area contributed by atoms with Crippen molar-refractivity contribution in [2.45, 2.75) is 12.8 Å². The molecule has 104 valence electrons. The number of hydrogen-bond acceptors (Lipinski definition) is 3. The maximum Gasteiger partial charge on any atom is 0.0160 e. The smallest absolute Gasteiger partial charge is 0.0160 e. The van der Waals surface area contributed by atoms with E-state index in [0.717, 1.165) is 45.8 Å². The Balaban J connectivity index is 3.54. The van der Waals surface area contributed by atoms with Crippen LogP contribution in [0.25, 0.3) is 0 Å². The predicted molar refractivity (Wildman–Crippen MR) is 82.0 cm³/mol. The first-order chi connectivity index (χ1) is 8.85. The zero-order valence-electron chi connectivity index (χ0n) is 11.7. The first kappa shape index (κ1) is 17.1. The lowest BCUT2D eigenvalue weighted by Gasteiger charge is -2.20. The molecule has 0 spiro atoms. The second kappa shape index (κ2) is 14.2. The Morgan fingerprint density at radius 2 is 1.28 bits per heavy atom. The second-order valence-electron chi connectivity index (χ2n) is 4.28. The monoisotopic (exact) mass is 251 g/mol. The van der Waals surface area contributed by atoms with E-state index in [-0.39, 0.29) is 0 Å². The highest BCUT2D eigenvalue weighted by Gasteiger charge is 2.01. The van der Waals surface area contributed by atoms with Crippen molar-refractivity contribution in [2.24, 2.45) is 0 Å². The van der Waals surface area contributed by atoms with Crippen molar-refractivity contribution in [3.8, 4) is 0 Å². The van der Waals surface area contributed by atoms with Gasteiger partial charge in [0.2, 0.25) is 0 Å². The quantitative estimate of drug-likeness (QED) is 0.364. The summed E-state index contributed by atoms with van der Waals surface area (Å²) in [5, 5.41) is 6.65. The van der Waals surface area contributed by atoms with Gasteiger partial charge in [0.15, 0.2) is 0 Å². The molecule has 0 amide bonds. The molecular formula is C15H29N3. The van der Waals surface area contributed by atoms with Gasteiger partial charge in [-0.2, -0.15) is 0 Å². The minimum Gasteiger partial charge on any atom is -0.313 e. The van der Waals surface area contributed by atoms with Crippen molar-refractivity contribution in [3.63, 3.8) is 0 Å². The van der Waals surface area contributed by atoms with Crippen LogP contribution in [0.5, 0.6) is 0 Å². The summed E-state index contributed by atoms with van der Waals surface area (Å²) in [5.74, 6) is 0. The number of nitrogens with one attached hydrogen (secondary N) is 2. The minimum absolute atomic E-state index is 0.896. The van der Waals surface area contributed by atoms with E-state index in [0.29, 0.717) is 0 Å². The van der Waals surface area contributed by atoms with E-state index in [4.69, 9.17) is 0 Å². The third-order valence-electron chi connectivity index (χ3n) is 2.62. The minimum atomic E-state index is 0.896. The van der Waals surface area contributed by atoms with Crippen LogP contribution in [0.2, 0.25) is 0 Å². The highest BCUT2D eigenvalue weighted by atomic mass is 15.1. The van der Waals surface area contributed by atoms with Gasteiger partial charge in [0.05, 0.1) is 0 Å².